The van der Waals surface area contributed by atoms with Crippen LogP contribution in [0, 0.1) is 18.6 Å². The maximum absolute atomic E-state index is 15.7. The van der Waals surface area contributed by atoms with E-state index in [1.54, 1.807) is 0 Å². The van der Waals surface area contributed by atoms with Crippen LogP contribution in [-0.4, -0.2) is 42.8 Å². The maximum atomic E-state index is 15.7. The Labute approximate surface area is 232 Å². The molecule has 0 amide bonds. The molecule has 2 aromatic heterocycles. The fourth-order valence-corrected chi connectivity index (χ4v) is 6.34. The second-order valence-corrected chi connectivity index (χ2v) is 11.4. The maximum Gasteiger partial charge on any atom is 0.137 e. The normalized spacial score (nSPS) is 16.6. The number of nitrogens with zero attached hydrogens (tertiary/aromatic N) is 4. The highest BCUT2D eigenvalue weighted by Crippen LogP contribution is 2.49. The van der Waals surface area contributed by atoms with Crippen molar-refractivity contribution in [3.05, 3.63) is 89.8 Å². The van der Waals surface area contributed by atoms with Gasteiger partial charge in [0.25, 0.3) is 0 Å². The van der Waals surface area contributed by atoms with Gasteiger partial charge in [0.2, 0.25) is 0 Å². The van der Waals surface area contributed by atoms with Crippen LogP contribution in [0.2, 0.25) is 0 Å². The molecule has 2 aliphatic heterocycles. The summed E-state index contributed by atoms with van der Waals surface area (Å²) in [5.41, 5.74) is 6.13. The molecule has 1 fully saturated rings. The van der Waals surface area contributed by atoms with Crippen LogP contribution in [0.4, 0.5) is 25.8 Å². The molecular formula is C33H30F2N4O. The summed E-state index contributed by atoms with van der Waals surface area (Å²) in [5.74, 6) is -1.26. The molecule has 0 spiro atoms. The number of pyridine rings is 2. The third-order valence-corrected chi connectivity index (χ3v) is 8.24. The SMILES string of the molecule is Cc1c(-c2cccc3ccccc23)nc2cc(F)cc(F)c2c1N1CC(C)(C)c2ncc(N3CCOCC3)cc21. The average Bonchev–Trinajstić information content (AvgIpc) is 3.22. The molecule has 1 saturated heterocycles. The van der Waals surface area contributed by atoms with Gasteiger partial charge in [0, 0.05) is 42.7 Å². The van der Waals surface area contributed by atoms with Crippen molar-refractivity contribution < 1.29 is 13.5 Å². The molecule has 0 unspecified atom stereocenters. The predicted octanol–water partition coefficient (Wildman–Crippen LogP) is 7.30. The Bertz CT molecular complexity index is 1790. The lowest BCUT2D eigenvalue weighted by Crippen LogP contribution is -2.36. The number of benzene rings is 3. The van der Waals surface area contributed by atoms with Crippen LogP contribution < -0.4 is 9.80 Å². The van der Waals surface area contributed by atoms with E-state index in [0.29, 0.717) is 42.0 Å². The van der Waals surface area contributed by atoms with Crippen molar-refractivity contribution in [1.82, 2.24) is 9.97 Å². The number of rotatable bonds is 3. The molecule has 0 saturated carbocycles. The Morgan fingerprint density at radius 2 is 1.73 bits per heavy atom. The third-order valence-electron chi connectivity index (χ3n) is 8.24. The first-order chi connectivity index (χ1) is 19.3. The van der Waals surface area contributed by atoms with Gasteiger partial charge in [0.05, 0.1) is 58.8 Å². The third kappa shape index (κ3) is 3.91. The van der Waals surface area contributed by atoms with Crippen molar-refractivity contribution >= 4 is 38.7 Å². The average molecular weight is 537 g/mol. The van der Waals surface area contributed by atoms with Crippen LogP contribution >= 0.6 is 0 Å². The summed E-state index contributed by atoms with van der Waals surface area (Å²) in [6.07, 6.45) is 1.93. The molecule has 5 aromatic rings. The zero-order valence-corrected chi connectivity index (χ0v) is 22.8. The van der Waals surface area contributed by atoms with Gasteiger partial charge in [-0.15, -0.1) is 0 Å². The number of hydrogen-bond donors (Lipinski definition) is 0. The van der Waals surface area contributed by atoms with Gasteiger partial charge in [0.1, 0.15) is 11.6 Å². The minimum atomic E-state index is -0.644. The Morgan fingerprint density at radius 1 is 0.950 bits per heavy atom. The predicted molar refractivity (Wildman–Crippen MR) is 157 cm³/mol. The number of anilines is 3. The number of halogens is 2. The van der Waals surface area contributed by atoms with Crippen LogP contribution in [0.25, 0.3) is 32.9 Å². The second kappa shape index (κ2) is 9.24. The smallest absolute Gasteiger partial charge is 0.137 e. The number of hydrogen-bond acceptors (Lipinski definition) is 5. The summed E-state index contributed by atoms with van der Waals surface area (Å²) in [6.45, 7) is 9.85. The highest BCUT2D eigenvalue weighted by Gasteiger charge is 2.40. The van der Waals surface area contributed by atoms with Gasteiger partial charge in [0.15, 0.2) is 0 Å². The minimum absolute atomic E-state index is 0.281. The van der Waals surface area contributed by atoms with E-state index in [0.717, 1.165) is 58.1 Å². The molecule has 202 valence electrons. The first kappa shape index (κ1) is 24.9. The van der Waals surface area contributed by atoms with Crippen LogP contribution in [0.5, 0.6) is 0 Å². The van der Waals surface area contributed by atoms with Gasteiger partial charge in [-0.25, -0.2) is 13.8 Å². The first-order valence-corrected chi connectivity index (χ1v) is 13.7. The second-order valence-electron chi connectivity index (χ2n) is 11.4. The van der Waals surface area contributed by atoms with E-state index < -0.39 is 11.6 Å². The minimum Gasteiger partial charge on any atom is -0.378 e. The molecule has 0 atom stereocenters. The summed E-state index contributed by atoms with van der Waals surface area (Å²) in [7, 11) is 0. The molecule has 0 bridgehead atoms. The molecular weight excluding hydrogens is 506 g/mol. The van der Waals surface area contributed by atoms with Gasteiger partial charge < -0.3 is 14.5 Å². The standard InChI is InChI=1S/C33H30F2N4O/c1-20-30(25-10-6-8-21-7-4-5-9-24(21)25)37-27-16-22(34)15-26(35)29(27)31(20)39-19-33(2,3)32-28(39)17-23(18-36-32)38-11-13-40-14-12-38/h4-10,15-18H,11-14,19H2,1-3H3. The monoisotopic (exact) mass is 536 g/mol. The van der Waals surface area contributed by atoms with Crippen molar-refractivity contribution in [2.75, 3.05) is 42.6 Å². The molecule has 7 rings (SSSR count). The Morgan fingerprint density at radius 3 is 2.55 bits per heavy atom. The number of ether oxygens (including phenoxy) is 1. The van der Waals surface area contributed by atoms with E-state index in [1.807, 2.05) is 37.4 Å². The fourth-order valence-electron chi connectivity index (χ4n) is 6.34. The number of morpholine rings is 1. The van der Waals surface area contributed by atoms with Gasteiger partial charge in [-0.3, -0.25) is 4.98 Å². The zero-order chi connectivity index (χ0) is 27.6. The highest BCUT2D eigenvalue weighted by molar-refractivity contribution is 6.03. The van der Waals surface area contributed by atoms with E-state index in [-0.39, 0.29) is 5.41 Å². The van der Waals surface area contributed by atoms with Crippen molar-refractivity contribution in [3.8, 4) is 11.3 Å². The molecule has 3 aromatic carbocycles. The van der Waals surface area contributed by atoms with E-state index in [2.05, 4.69) is 47.9 Å². The Hall–Kier alpha value is -4.10. The van der Waals surface area contributed by atoms with E-state index in [9.17, 15) is 4.39 Å². The van der Waals surface area contributed by atoms with E-state index >= 15 is 4.39 Å². The van der Waals surface area contributed by atoms with Crippen molar-refractivity contribution in [2.24, 2.45) is 0 Å². The van der Waals surface area contributed by atoms with Crippen LogP contribution in [0.1, 0.15) is 25.1 Å². The summed E-state index contributed by atoms with van der Waals surface area (Å²) in [5, 5.41) is 2.45. The Kier molecular flexibility index (Phi) is 5.75. The van der Waals surface area contributed by atoms with Crippen molar-refractivity contribution in [1.29, 1.82) is 0 Å². The number of fused-ring (bicyclic) bond motifs is 3. The quantitative estimate of drug-likeness (QED) is 0.242. The summed E-state index contributed by atoms with van der Waals surface area (Å²) < 4.78 is 35.9. The highest BCUT2D eigenvalue weighted by atomic mass is 19.1. The van der Waals surface area contributed by atoms with E-state index in [1.165, 1.54) is 6.07 Å². The van der Waals surface area contributed by atoms with Crippen LogP contribution in [-0.2, 0) is 10.2 Å². The molecule has 0 N–H and O–H groups in total. The largest absolute Gasteiger partial charge is 0.378 e. The lowest BCUT2D eigenvalue weighted by atomic mass is 9.91. The lowest BCUT2D eigenvalue weighted by molar-refractivity contribution is 0.122. The topological polar surface area (TPSA) is 41.5 Å². The molecule has 0 aliphatic carbocycles. The molecule has 40 heavy (non-hydrogen) atoms. The molecule has 4 heterocycles. The zero-order valence-electron chi connectivity index (χ0n) is 22.8. The van der Waals surface area contributed by atoms with Crippen molar-refractivity contribution in [2.45, 2.75) is 26.2 Å². The van der Waals surface area contributed by atoms with Gasteiger partial charge >= 0.3 is 0 Å². The van der Waals surface area contributed by atoms with Gasteiger partial charge in [-0.05, 0) is 29.3 Å². The van der Waals surface area contributed by atoms with Gasteiger partial charge in [-0.2, -0.15) is 0 Å². The van der Waals surface area contributed by atoms with E-state index in [4.69, 9.17) is 14.7 Å². The first-order valence-electron chi connectivity index (χ1n) is 13.7. The fraction of sp³-hybridized carbons (Fsp3) is 0.273. The molecule has 0 radical (unpaired) electrons. The summed E-state index contributed by atoms with van der Waals surface area (Å²) >= 11 is 0. The van der Waals surface area contributed by atoms with Crippen LogP contribution in [0.3, 0.4) is 0 Å². The number of aromatic nitrogens is 2. The van der Waals surface area contributed by atoms with Gasteiger partial charge in [-0.1, -0.05) is 56.3 Å². The summed E-state index contributed by atoms with van der Waals surface area (Å²) in [6, 6.07) is 18.7. The van der Waals surface area contributed by atoms with Crippen molar-refractivity contribution in [3.63, 3.8) is 0 Å². The molecule has 2 aliphatic rings. The lowest BCUT2D eigenvalue weighted by Gasteiger charge is -2.30. The summed E-state index contributed by atoms with van der Waals surface area (Å²) in [4.78, 5) is 14.3. The Balaban J connectivity index is 1.50. The molecule has 5 nitrogen and oxygen atoms in total. The van der Waals surface area contributed by atoms with Crippen LogP contribution in [0.15, 0.2) is 66.9 Å². The molecule has 7 heteroatoms.